The number of hydrogen-bond donors (Lipinski definition) is 0. The highest BCUT2D eigenvalue weighted by molar-refractivity contribution is 6.32. The van der Waals surface area contributed by atoms with Crippen molar-refractivity contribution in [1.82, 2.24) is 14.8 Å². The number of carbonyl (C=O) groups is 2. The van der Waals surface area contributed by atoms with E-state index >= 15 is 0 Å². The van der Waals surface area contributed by atoms with Crippen LogP contribution in [-0.4, -0.2) is 33.6 Å². The van der Waals surface area contributed by atoms with Gasteiger partial charge < -0.3 is 4.74 Å². The van der Waals surface area contributed by atoms with Crippen LogP contribution in [0, 0.1) is 0 Å². The molecule has 0 N–H and O–H groups in total. The van der Waals surface area contributed by atoms with Gasteiger partial charge in [0.25, 0.3) is 5.82 Å². The molecular formula is C12H10ClN3O3. The molecule has 6 nitrogen and oxygen atoms in total. The van der Waals surface area contributed by atoms with Crippen LogP contribution in [0.15, 0.2) is 24.5 Å². The number of aromatic nitrogens is 3. The fraction of sp³-hybridized carbons (Fsp3) is 0.167. The average Bonchev–Trinajstić information content (AvgIpc) is 2.87. The zero-order chi connectivity index (χ0) is 14.0. The van der Waals surface area contributed by atoms with Crippen molar-refractivity contribution < 1.29 is 14.3 Å². The molecule has 2 rings (SSSR count). The Morgan fingerprint density at radius 2 is 2.11 bits per heavy atom. The largest absolute Gasteiger partial charge is 0.463 e. The van der Waals surface area contributed by atoms with E-state index in [0.717, 1.165) is 0 Å². The molecular weight excluding hydrogens is 270 g/mol. The highest BCUT2D eigenvalue weighted by atomic mass is 35.5. The number of benzene rings is 1. The minimum absolute atomic E-state index is 0.0609. The predicted octanol–water partition coefficient (Wildman–Crippen LogP) is 1.91. The Balaban J connectivity index is 2.39. The first kappa shape index (κ1) is 13.2. The van der Waals surface area contributed by atoms with E-state index in [2.05, 4.69) is 14.8 Å². The number of carbonyl (C=O) groups excluding carboxylic acids is 2. The summed E-state index contributed by atoms with van der Waals surface area (Å²) in [5, 5.41) is 4.29. The van der Waals surface area contributed by atoms with Gasteiger partial charge in [0.05, 0.1) is 17.8 Å². The second-order valence-corrected chi connectivity index (χ2v) is 4.13. The van der Waals surface area contributed by atoms with Crippen LogP contribution in [0.5, 0.6) is 0 Å². The highest BCUT2D eigenvalue weighted by Crippen LogP contribution is 2.21. The first-order valence-electron chi connectivity index (χ1n) is 5.33. The van der Waals surface area contributed by atoms with Crippen LogP contribution in [-0.2, 0) is 4.74 Å². The summed E-state index contributed by atoms with van der Waals surface area (Å²) in [6.07, 6.45) is 1.35. The van der Waals surface area contributed by atoms with Crippen molar-refractivity contribution in [3.8, 4) is 5.69 Å². The number of halogens is 1. The van der Waals surface area contributed by atoms with Gasteiger partial charge in [0.2, 0.25) is 0 Å². The maximum Gasteiger partial charge on any atom is 0.377 e. The van der Waals surface area contributed by atoms with Crippen molar-refractivity contribution in [2.45, 2.75) is 6.92 Å². The minimum atomic E-state index is -0.629. The fourth-order valence-electron chi connectivity index (χ4n) is 1.48. The molecule has 7 heteroatoms. The number of rotatable bonds is 3. The van der Waals surface area contributed by atoms with Gasteiger partial charge in [-0.05, 0) is 25.1 Å². The Bertz CT molecular complexity index is 651. The summed E-state index contributed by atoms with van der Waals surface area (Å²) >= 11 is 6.07. The van der Waals surface area contributed by atoms with Crippen molar-refractivity contribution in [2.75, 3.05) is 7.11 Å². The molecule has 0 unspecified atom stereocenters. The second kappa shape index (κ2) is 5.19. The van der Waals surface area contributed by atoms with E-state index in [4.69, 9.17) is 11.6 Å². The van der Waals surface area contributed by atoms with Crippen molar-refractivity contribution in [2.24, 2.45) is 0 Å². The molecule has 0 aliphatic rings. The van der Waals surface area contributed by atoms with Crippen LogP contribution >= 0.6 is 11.6 Å². The molecule has 1 heterocycles. The molecule has 1 aromatic heterocycles. The summed E-state index contributed by atoms with van der Waals surface area (Å²) in [5.74, 6) is -0.772. The van der Waals surface area contributed by atoms with Crippen molar-refractivity contribution in [3.05, 3.63) is 40.9 Å². The zero-order valence-electron chi connectivity index (χ0n) is 10.3. The summed E-state index contributed by atoms with van der Waals surface area (Å²) in [6.45, 7) is 1.45. The lowest BCUT2D eigenvalue weighted by molar-refractivity contribution is 0.0587. The molecule has 0 bridgehead atoms. The Morgan fingerprint density at radius 3 is 2.68 bits per heavy atom. The first-order chi connectivity index (χ1) is 9.02. The smallest absolute Gasteiger partial charge is 0.377 e. The van der Waals surface area contributed by atoms with Gasteiger partial charge in [0.15, 0.2) is 5.78 Å². The van der Waals surface area contributed by atoms with Crippen molar-refractivity contribution >= 4 is 23.4 Å². The molecule has 0 spiro atoms. The Morgan fingerprint density at radius 1 is 1.37 bits per heavy atom. The van der Waals surface area contributed by atoms with Crippen molar-refractivity contribution in [3.63, 3.8) is 0 Å². The SMILES string of the molecule is COC(=O)c1ncn(-c2ccc(C(C)=O)cc2Cl)n1. The molecule has 0 fully saturated rings. The van der Waals surface area contributed by atoms with Gasteiger partial charge in [-0.2, -0.15) is 0 Å². The molecule has 2 aromatic rings. The quantitative estimate of drug-likeness (QED) is 0.634. The second-order valence-electron chi connectivity index (χ2n) is 3.73. The van der Waals surface area contributed by atoms with E-state index in [1.54, 1.807) is 18.2 Å². The summed E-state index contributed by atoms with van der Waals surface area (Å²) in [7, 11) is 1.25. The van der Waals surface area contributed by atoms with Gasteiger partial charge in [-0.3, -0.25) is 4.79 Å². The van der Waals surface area contributed by atoms with Crippen LogP contribution in [0.3, 0.4) is 0 Å². The number of hydrogen-bond acceptors (Lipinski definition) is 5. The highest BCUT2D eigenvalue weighted by Gasteiger charge is 2.14. The lowest BCUT2D eigenvalue weighted by Crippen LogP contribution is -2.05. The normalized spacial score (nSPS) is 10.3. The third-order valence-corrected chi connectivity index (χ3v) is 2.76. The van der Waals surface area contributed by atoms with E-state index in [1.165, 1.54) is 25.0 Å². The van der Waals surface area contributed by atoms with Gasteiger partial charge in [-0.1, -0.05) is 11.6 Å². The third kappa shape index (κ3) is 2.63. The minimum Gasteiger partial charge on any atom is -0.463 e. The van der Waals surface area contributed by atoms with E-state index in [9.17, 15) is 9.59 Å². The van der Waals surface area contributed by atoms with E-state index in [1.807, 2.05) is 0 Å². The predicted molar refractivity (Wildman–Crippen MR) is 67.7 cm³/mol. The van der Waals surface area contributed by atoms with Gasteiger partial charge in [-0.25, -0.2) is 14.5 Å². The Labute approximate surface area is 114 Å². The van der Waals surface area contributed by atoms with E-state index < -0.39 is 5.97 Å². The lowest BCUT2D eigenvalue weighted by Gasteiger charge is -2.04. The monoisotopic (exact) mass is 279 g/mol. The van der Waals surface area contributed by atoms with E-state index in [0.29, 0.717) is 16.3 Å². The molecule has 0 atom stereocenters. The Kier molecular flexibility index (Phi) is 3.62. The molecule has 0 aliphatic carbocycles. The lowest BCUT2D eigenvalue weighted by atomic mass is 10.1. The van der Waals surface area contributed by atoms with Crippen LogP contribution in [0.1, 0.15) is 27.9 Å². The molecule has 98 valence electrons. The Hall–Kier alpha value is -2.21. The maximum atomic E-state index is 11.2. The van der Waals surface area contributed by atoms with Crippen LogP contribution in [0.2, 0.25) is 5.02 Å². The first-order valence-corrected chi connectivity index (χ1v) is 5.71. The summed E-state index contributed by atoms with van der Waals surface area (Å²) in [5.41, 5.74) is 1.02. The van der Waals surface area contributed by atoms with Crippen LogP contribution < -0.4 is 0 Å². The van der Waals surface area contributed by atoms with Gasteiger partial charge in [0.1, 0.15) is 6.33 Å². The molecule has 19 heavy (non-hydrogen) atoms. The number of nitrogens with zero attached hydrogens (tertiary/aromatic N) is 3. The molecule has 0 radical (unpaired) electrons. The van der Waals surface area contributed by atoms with Crippen molar-refractivity contribution in [1.29, 1.82) is 0 Å². The third-order valence-electron chi connectivity index (χ3n) is 2.46. The maximum absolute atomic E-state index is 11.2. The van der Waals surface area contributed by atoms with Gasteiger partial charge >= 0.3 is 5.97 Å². The molecule has 0 amide bonds. The number of ketones is 1. The number of ether oxygens (including phenoxy) is 1. The average molecular weight is 280 g/mol. The van der Waals surface area contributed by atoms with Crippen LogP contribution in [0.4, 0.5) is 0 Å². The molecule has 0 saturated carbocycles. The summed E-state index contributed by atoms with van der Waals surface area (Å²) < 4.78 is 5.86. The molecule has 0 saturated heterocycles. The topological polar surface area (TPSA) is 74.1 Å². The number of methoxy groups -OCH3 is 1. The summed E-state index contributed by atoms with van der Waals surface area (Å²) in [6, 6.07) is 4.80. The molecule has 1 aromatic carbocycles. The fourth-order valence-corrected chi connectivity index (χ4v) is 1.74. The number of esters is 1. The summed E-state index contributed by atoms with van der Waals surface area (Å²) in [4.78, 5) is 26.3. The standard InChI is InChI=1S/C12H10ClN3O3/c1-7(17)8-3-4-10(9(13)5-8)16-6-14-11(15-16)12(18)19-2/h3-6H,1-2H3. The zero-order valence-corrected chi connectivity index (χ0v) is 11.0. The van der Waals surface area contributed by atoms with E-state index in [-0.39, 0.29) is 11.6 Å². The van der Waals surface area contributed by atoms with Gasteiger partial charge in [-0.15, -0.1) is 5.10 Å². The van der Waals surface area contributed by atoms with Gasteiger partial charge in [0, 0.05) is 5.56 Å². The van der Waals surface area contributed by atoms with Crippen LogP contribution in [0.25, 0.3) is 5.69 Å². The number of Topliss-reactive ketones (excluding diaryl/α,β-unsaturated/α-hetero) is 1. The molecule has 0 aliphatic heterocycles.